The van der Waals surface area contributed by atoms with Crippen molar-refractivity contribution in [2.45, 2.75) is 13.5 Å². The van der Waals surface area contributed by atoms with Crippen LogP contribution in [0, 0.1) is 0 Å². The summed E-state index contributed by atoms with van der Waals surface area (Å²) in [5.74, 6) is 0. The third-order valence-electron chi connectivity index (χ3n) is 1.92. The molecule has 0 atom stereocenters. The first-order valence-electron chi connectivity index (χ1n) is 4.27. The first-order chi connectivity index (χ1) is 6.27. The minimum atomic E-state index is 0. The normalized spacial score (nSPS) is 9.79. The molecular formula is C11H12INS. The van der Waals surface area contributed by atoms with Gasteiger partial charge in [-0.2, -0.15) is 4.57 Å². The number of rotatable bonds is 2. The van der Waals surface area contributed by atoms with Crippen LogP contribution in [-0.4, -0.2) is 0 Å². The summed E-state index contributed by atoms with van der Waals surface area (Å²) in [6.45, 7) is 6.90. The monoisotopic (exact) mass is 317 g/mol. The highest BCUT2D eigenvalue weighted by Gasteiger charge is 2.09. The van der Waals surface area contributed by atoms with Crippen LogP contribution in [0.3, 0.4) is 0 Å². The zero-order chi connectivity index (χ0) is 9.26. The molecule has 0 aliphatic heterocycles. The largest absolute Gasteiger partial charge is 1.00 e. The minimum Gasteiger partial charge on any atom is -1.00 e. The lowest BCUT2D eigenvalue weighted by Crippen LogP contribution is -3.00. The van der Waals surface area contributed by atoms with Gasteiger partial charge in [0, 0.05) is 6.07 Å². The van der Waals surface area contributed by atoms with Gasteiger partial charge in [0.05, 0.1) is 0 Å². The van der Waals surface area contributed by atoms with Gasteiger partial charge in [-0.25, -0.2) is 0 Å². The molecule has 0 saturated carbocycles. The molecule has 1 aromatic carbocycles. The fraction of sp³-hybridized carbons (Fsp3) is 0.182. The SMILES string of the molecule is C=C(C)C[n+]1csc2ccccc21.[I-]. The fourth-order valence-electron chi connectivity index (χ4n) is 1.38. The molecule has 0 aliphatic carbocycles. The predicted molar refractivity (Wildman–Crippen MR) is 56.8 cm³/mol. The van der Waals surface area contributed by atoms with E-state index in [0.29, 0.717) is 0 Å². The van der Waals surface area contributed by atoms with Gasteiger partial charge in [0.2, 0.25) is 11.0 Å². The zero-order valence-corrected chi connectivity index (χ0v) is 11.0. The van der Waals surface area contributed by atoms with Gasteiger partial charge in [-0.3, -0.25) is 0 Å². The van der Waals surface area contributed by atoms with Gasteiger partial charge >= 0.3 is 0 Å². The van der Waals surface area contributed by atoms with Crippen molar-refractivity contribution in [2.75, 3.05) is 0 Å². The summed E-state index contributed by atoms with van der Waals surface area (Å²) >= 11 is 1.78. The Labute approximate surface area is 105 Å². The Hall–Kier alpha value is -0.420. The van der Waals surface area contributed by atoms with E-state index in [0.717, 1.165) is 6.54 Å². The number of thiazole rings is 1. The Kier molecular flexibility index (Phi) is 4.07. The number of benzene rings is 1. The van der Waals surface area contributed by atoms with Crippen LogP contribution in [-0.2, 0) is 6.54 Å². The number of hydrogen-bond donors (Lipinski definition) is 0. The first kappa shape index (κ1) is 11.7. The molecule has 0 unspecified atom stereocenters. The average Bonchev–Trinajstić information content (AvgIpc) is 2.48. The van der Waals surface area contributed by atoms with Crippen molar-refractivity contribution in [1.29, 1.82) is 0 Å². The summed E-state index contributed by atoms with van der Waals surface area (Å²) in [7, 11) is 0. The van der Waals surface area contributed by atoms with Crippen molar-refractivity contribution in [1.82, 2.24) is 0 Å². The maximum Gasteiger partial charge on any atom is 0.226 e. The highest BCUT2D eigenvalue weighted by molar-refractivity contribution is 7.16. The summed E-state index contributed by atoms with van der Waals surface area (Å²) < 4.78 is 3.58. The van der Waals surface area contributed by atoms with Gasteiger partial charge in [0.25, 0.3) is 0 Å². The predicted octanol–water partition coefficient (Wildman–Crippen LogP) is -0.231. The maximum absolute atomic E-state index is 3.92. The van der Waals surface area contributed by atoms with E-state index in [2.05, 4.69) is 47.8 Å². The molecular weight excluding hydrogens is 305 g/mol. The number of halogens is 1. The van der Waals surface area contributed by atoms with E-state index < -0.39 is 0 Å². The Morgan fingerprint density at radius 1 is 1.43 bits per heavy atom. The second kappa shape index (κ2) is 4.89. The van der Waals surface area contributed by atoms with Crippen molar-refractivity contribution in [3.8, 4) is 0 Å². The summed E-state index contributed by atoms with van der Waals surface area (Å²) in [5.41, 5.74) is 4.64. The third-order valence-corrected chi connectivity index (χ3v) is 2.88. The number of fused-ring (bicyclic) bond motifs is 1. The molecule has 0 bridgehead atoms. The molecule has 0 radical (unpaired) electrons. The molecule has 2 aromatic rings. The molecule has 1 aromatic heterocycles. The Bertz CT molecular complexity index is 447. The van der Waals surface area contributed by atoms with Crippen LogP contribution in [0.2, 0.25) is 0 Å². The number of para-hydroxylation sites is 1. The van der Waals surface area contributed by atoms with Gasteiger partial charge in [-0.1, -0.05) is 30.0 Å². The summed E-state index contributed by atoms with van der Waals surface area (Å²) in [4.78, 5) is 0. The Morgan fingerprint density at radius 3 is 2.86 bits per heavy atom. The first-order valence-corrected chi connectivity index (χ1v) is 5.15. The molecule has 14 heavy (non-hydrogen) atoms. The second-order valence-corrected chi connectivity index (χ2v) is 4.16. The lowest BCUT2D eigenvalue weighted by Gasteiger charge is -1.91. The summed E-state index contributed by atoms with van der Waals surface area (Å²) in [6, 6.07) is 8.44. The van der Waals surface area contributed by atoms with Crippen LogP contribution in [0.5, 0.6) is 0 Å². The Balaban J connectivity index is 0.000000980. The van der Waals surface area contributed by atoms with Crippen LogP contribution < -0.4 is 28.5 Å². The second-order valence-electron chi connectivity index (χ2n) is 3.28. The van der Waals surface area contributed by atoms with E-state index in [1.165, 1.54) is 15.8 Å². The number of nitrogens with zero attached hydrogens (tertiary/aromatic N) is 1. The van der Waals surface area contributed by atoms with Gasteiger partial charge < -0.3 is 24.0 Å². The average molecular weight is 317 g/mol. The van der Waals surface area contributed by atoms with Gasteiger partial charge in [-0.05, 0) is 18.6 Å². The van der Waals surface area contributed by atoms with Crippen molar-refractivity contribution >= 4 is 21.6 Å². The van der Waals surface area contributed by atoms with E-state index in [-0.39, 0.29) is 24.0 Å². The van der Waals surface area contributed by atoms with Crippen molar-refractivity contribution < 1.29 is 28.5 Å². The van der Waals surface area contributed by atoms with Gasteiger partial charge in [0.15, 0.2) is 6.54 Å². The molecule has 2 rings (SSSR count). The van der Waals surface area contributed by atoms with Crippen LogP contribution in [0.15, 0.2) is 41.9 Å². The molecule has 0 amide bonds. The number of allylic oxidation sites excluding steroid dienone is 1. The molecule has 0 saturated heterocycles. The van der Waals surface area contributed by atoms with Crippen LogP contribution in [0.1, 0.15) is 6.92 Å². The van der Waals surface area contributed by atoms with E-state index in [1.807, 2.05) is 0 Å². The number of aromatic nitrogens is 1. The highest BCUT2D eigenvalue weighted by atomic mass is 127. The molecule has 3 heteroatoms. The van der Waals surface area contributed by atoms with Crippen LogP contribution >= 0.6 is 11.3 Å². The summed E-state index contributed by atoms with van der Waals surface area (Å²) in [5, 5.41) is 0. The maximum atomic E-state index is 3.92. The zero-order valence-electron chi connectivity index (χ0n) is 8.03. The number of hydrogen-bond acceptors (Lipinski definition) is 1. The van der Waals surface area contributed by atoms with E-state index in [4.69, 9.17) is 0 Å². The van der Waals surface area contributed by atoms with Crippen molar-refractivity contribution in [3.05, 3.63) is 41.9 Å². The molecule has 74 valence electrons. The lowest BCUT2D eigenvalue weighted by molar-refractivity contribution is -0.658. The van der Waals surface area contributed by atoms with E-state index >= 15 is 0 Å². The van der Waals surface area contributed by atoms with E-state index in [1.54, 1.807) is 11.3 Å². The third kappa shape index (κ3) is 2.33. The molecule has 0 aliphatic rings. The van der Waals surface area contributed by atoms with E-state index in [9.17, 15) is 0 Å². The Morgan fingerprint density at radius 2 is 2.14 bits per heavy atom. The standard InChI is InChI=1S/C11H12NS.HI/c1-9(2)7-12-8-13-11-6-4-3-5-10(11)12;/h3-6,8H,1,7H2,2H3;1H/q+1;/p-1. The molecule has 0 fully saturated rings. The smallest absolute Gasteiger partial charge is 0.226 e. The van der Waals surface area contributed by atoms with Crippen LogP contribution in [0.25, 0.3) is 10.2 Å². The molecule has 1 nitrogen and oxygen atoms in total. The fourth-order valence-corrected chi connectivity index (χ4v) is 2.28. The lowest BCUT2D eigenvalue weighted by atomic mass is 10.3. The topological polar surface area (TPSA) is 3.88 Å². The quantitative estimate of drug-likeness (QED) is 0.409. The molecule has 0 N–H and O–H groups in total. The molecule has 1 heterocycles. The summed E-state index contributed by atoms with van der Waals surface area (Å²) in [6.07, 6.45) is 0. The molecule has 0 spiro atoms. The van der Waals surface area contributed by atoms with Gasteiger partial charge in [-0.15, -0.1) is 0 Å². The highest BCUT2D eigenvalue weighted by Crippen LogP contribution is 2.15. The van der Waals surface area contributed by atoms with Crippen molar-refractivity contribution in [3.63, 3.8) is 0 Å². The van der Waals surface area contributed by atoms with Crippen LogP contribution in [0.4, 0.5) is 0 Å². The minimum absolute atomic E-state index is 0. The van der Waals surface area contributed by atoms with Crippen molar-refractivity contribution in [2.24, 2.45) is 0 Å². The van der Waals surface area contributed by atoms with Gasteiger partial charge in [0.1, 0.15) is 4.70 Å².